The molecule has 0 spiro atoms. The second kappa shape index (κ2) is 8.12. The number of nitro benzene ring substituents is 1. The maximum absolute atomic E-state index is 12.5. The molecule has 0 radical (unpaired) electrons. The number of morpholine rings is 1. The zero-order chi connectivity index (χ0) is 18.5. The number of rotatable bonds is 4. The summed E-state index contributed by atoms with van der Waals surface area (Å²) in [6.45, 7) is 1.32. The number of carbonyl (C=O) groups is 1. The van der Waals surface area contributed by atoms with E-state index in [1.54, 1.807) is 35.2 Å². The zero-order valence-electron chi connectivity index (χ0n) is 13.9. The monoisotopic (exact) mass is 372 g/mol. The molecule has 1 aliphatic heterocycles. The molecule has 0 saturated carbocycles. The first-order valence-corrected chi connectivity index (χ1v) is 8.50. The van der Waals surface area contributed by atoms with Crippen LogP contribution in [0.5, 0.6) is 0 Å². The topological polar surface area (TPSA) is 72.7 Å². The van der Waals surface area contributed by atoms with Crippen molar-refractivity contribution in [3.63, 3.8) is 0 Å². The van der Waals surface area contributed by atoms with Gasteiger partial charge in [0.1, 0.15) is 6.10 Å². The molecule has 1 fully saturated rings. The van der Waals surface area contributed by atoms with E-state index in [4.69, 9.17) is 16.3 Å². The summed E-state index contributed by atoms with van der Waals surface area (Å²) in [5.74, 6) is -0.203. The molecule has 6 nitrogen and oxygen atoms in total. The quantitative estimate of drug-likeness (QED) is 0.464. The van der Waals surface area contributed by atoms with Crippen LogP contribution < -0.4 is 0 Å². The summed E-state index contributed by atoms with van der Waals surface area (Å²) in [5, 5.41) is 11.7. The fourth-order valence-corrected chi connectivity index (χ4v) is 2.92. The lowest BCUT2D eigenvalue weighted by Gasteiger charge is -2.32. The fraction of sp³-hybridized carbons (Fsp3) is 0.211. The van der Waals surface area contributed by atoms with Crippen molar-refractivity contribution in [1.29, 1.82) is 0 Å². The van der Waals surface area contributed by atoms with Crippen LogP contribution in [-0.4, -0.2) is 35.4 Å². The van der Waals surface area contributed by atoms with Crippen LogP contribution in [0.1, 0.15) is 17.2 Å². The highest BCUT2D eigenvalue weighted by atomic mass is 35.5. The molecule has 0 N–H and O–H groups in total. The van der Waals surface area contributed by atoms with E-state index in [0.717, 1.165) is 5.56 Å². The van der Waals surface area contributed by atoms with Crippen molar-refractivity contribution in [2.75, 3.05) is 19.7 Å². The summed E-state index contributed by atoms with van der Waals surface area (Å²) in [6, 6.07) is 13.6. The van der Waals surface area contributed by atoms with Crippen molar-refractivity contribution < 1.29 is 14.5 Å². The number of para-hydroxylation sites is 1. The molecule has 134 valence electrons. The largest absolute Gasteiger partial charge is 0.370 e. The maximum atomic E-state index is 12.5. The highest BCUT2D eigenvalue weighted by Crippen LogP contribution is 2.24. The summed E-state index contributed by atoms with van der Waals surface area (Å²) in [6.07, 6.45) is 2.63. The Hall–Kier alpha value is -2.70. The Labute approximate surface area is 155 Å². The third-order valence-electron chi connectivity index (χ3n) is 4.16. The number of nitro groups is 1. The van der Waals surface area contributed by atoms with Crippen LogP contribution in [0.3, 0.4) is 0 Å². The lowest BCUT2D eigenvalue weighted by atomic mass is 10.1. The van der Waals surface area contributed by atoms with Crippen LogP contribution >= 0.6 is 11.6 Å². The highest BCUT2D eigenvalue weighted by molar-refractivity contribution is 6.30. The molecule has 1 saturated heterocycles. The molecule has 3 rings (SSSR count). The van der Waals surface area contributed by atoms with E-state index in [1.807, 2.05) is 12.1 Å². The number of amides is 1. The number of nitrogens with zero attached hydrogens (tertiary/aromatic N) is 2. The summed E-state index contributed by atoms with van der Waals surface area (Å²) >= 11 is 5.90. The van der Waals surface area contributed by atoms with Crippen molar-refractivity contribution in [1.82, 2.24) is 4.90 Å². The van der Waals surface area contributed by atoms with Crippen LogP contribution in [0.4, 0.5) is 5.69 Å². The molecule has 1 heterocycles. The van der Waals surface area contributed by atoms with Gasteiger partial charge in [0.2, 0.25) is 5.91 Å². The summed E-state index contributed by atoms with van der Waals surface area (Å²) < 4.78 is 5.75. The average Bonchev–Trinajstić information content (AvgIpc) is 2.67. The molecule has 1 unspecified atom stereocenters. The number of ether oxygens (including phenoxy) is 1. The first kappa shape index (κ1) is 18.1. The van der Waals surface area contributed by atoms with Crippen LogP contribution in [0.15, 0.2) is 54.6 Å². The number of carbonyl (C=O) groups excluding carboxylic acids is 1. The Morgan fingerprint density at radius 1 is 1.23 bits per heavy atom. The standard InChI is InChI=1S/C19H17ClN2O4/c20-16-8-5-15(6-9-16)18-13-21(11-12-26-18)19(23)10-7-14-3-1-2-4-17(14)22(24)25/h1-10,18H,11-13H2. The van der Waals surface area contributed by atoms with Gasteiger partial charge in [-0.05, 0) is 29.8 Å². The Kier molecular flexibility index (Phi) is 5.65. The molecule has 0 bridgehead atoms. The first-order chi connectivity index (χ1) is 12.5. The summed E-state index contributed by atoms with van der Waals surface area (Å²) in [4.78, 5) is 24.7. The average molecular weight is 373 g/mol. The van der Waals surface area contributed by atoms with Crippen molar-refractivity contribution in [2.24, 2.45) is 0 Å². The van der Waals surface area contributed by atoms with Gasteiger partial charge in [-0.2, -0.15) is 0 Å². The maximum Gasteiger partial charge on any atom is 0.276 e. The second-order valence-electron chi connectivity index (χ2n) is 5.84. The fourth-order valence-electron chi connectivity index (χ4n) is 2.79. The Bertz CT molecular complexity index is 836. The smallest absolute Gasteiger partial charge is 0.276 e. The van der Waals surface area contributed by atoms with Crippen molar-refractivity contribution >= 4 is 29.3 Å². The number of hydrogen-bond acceptors (Lipinski definition) is 4. The number of hydrogen-bond donors (Lipinski definition) is 0. The van der Waals surface area contributed by atoms with Crippen molar-refractivity contribution in [3.8, 4) is 0 Å². The van der Waals surface area contributed by atoms with Gasteiger partial charge < -0.3 is 9.64 Å². The van der Waals surface area contributed by atoms with Crippen LogP contribution in [0, 0.1) is 10.1 Å². The molecule has 26 heavy (non-hydrogen) atoms. The minimum absolute atomic E-state index is 0.0300. The predicted molar refractivity (Wildman–Crippen MR) is 98.9 cm³/mol. The summed E-state index contributed by atoms with van der Waals surface area (Å²) in [7, 11) is 0. The Morgan fingerprint density at radius 2 is 1.96 bits per heavy atom. The Morgan fingerprint density at radius 3 is 2.69 bits per heavy atom. The van der Waals surface area contributed by atoms with Crippen LogP contribution in [-0.2, 0) is 9.53 Å². The van der Waals surface area contributed by atoms with Gasteiger partial charge in [-0.3, -0.25) is 14.9 Å². The van der Waals surface area contributed by atoms with Gasteiger partial charge in [-0.25, -0.2) is 0 Å². The van der Waals surface area contributed by atoms with Gasteiger partial charge in [-0.15, -0.1) is 0 Å². The molecule has 2 aromatic carbocycles. The van der Waals surface area contributed by atoms with E-state index in [1.165, 1.54) is 18.2 Å². The number of halogens is 1. The van der Waals surface area contributed by atoms with Gasteiger partial charge in [-0.1, -0.05) is 35.9 Å². The van der Waals surface area contributed by atoms with E-state index in [2.05, 4.69) is 0 Å². The van der Waals surface area contributed by atoms with E-state index >= 15 is 0 Å². The van der Waals surface area contributed by atoms with Crippen LogP contribution in [0.25, 0.3) is 6.08 Å². The van der Waals surface area contributed by atoms with Gasteiger partial charge in [0, 0.05) is 23.7 Å². The molecule has 1 atom stereocenters. The normalized spacial score (nSPS) is 17.4. The minimum atomic E-state index is -0.463. The second-order valence-corrected chi connectivity index (χ2v) is 6.28. The van der Waals surface area contributed by atoms with Crippen LogP contribution in [0.2, 0.25) is 5.02 Å². The molecule has 0 aromatic heterocycles. The van der Waals surface area contributed by atoms with E-state index in [0.29, 0.717) is 30.3 Å². The third kappa shape index (κ3) is 4.28. The molecule has 7 heteroatoms. The third-order valence-corrected chi connectivity index (χ3v) is 4.41. The van der Waals surface area contributed by atoms with Gasteiger partial charge in [0.05, 0.1) is 23.6 Å². The molecule has 1 aliphatic rings. The number of benzene rings is 2. The predicted octanol–water partition coefficient (Wildman–Crippen LogP) is 3.86. The highest BCUT2D eigenvalue weighted by Gasteiger charge is 2.24. The van der Waals surface area contributed by atoms with E-state index < -0.39 is 4.92 Å². The molecule has 1 amide bonds. The van der Waals surface area contributed by atoms with Crippen molar-refractivity contribution in [2.45, 2.75) is 6.10 Å². The first-order valence-electron chi connectivity index (χ1n) is 8.12. The zero-order valence-corrected chi connectivity index (χ0v) is 14.6. The van der Waals surface area contributed by atoms with E-state index in [-0.39, 0.29) is 17.7 Å². The molecular weight excluding hydrogens is 356 g/mol. The Balaban J connectivity index is 1.70. The van der Waals surface area contributed by atoms with Gasteiger partial charge in [0.15, 0.2) is 0 Å². The van der Waals surface area contributed by atoms with Gasteiger partial charge in [0.25, 0.3) is 5.69 Å². The molecular formula is C19H17ClN2O4. The minimum Gasteiger partial charge on any atom is -0.370 e. The van der Waals surface area contributed by atoms with E-state index in [9.17, 15) is 14.9 Å². The lowest BCUT2D eigenvalue weighted by molar-refractivity contribution is -0.385. The molecule has 2 aromatic rings. The lowest BCUT2D eigenvalue weighted by Crippen LogP contribution is -2.41. The summed E-state index contributed by atoms with van der Waals surface area (Å²) in [5.41, 5.74) is 1.32. The molecule has 0 aliphatic carbocycles. The van der Waals surface area contributed by atoms with Crippen molar-refractivity contribution in [3.05, 3.63) is 80.9 Å². The van der Waals surface area contributed by atoms with Gasteiger partial charge >= 0.3 is 0 Å². The SMILES string of the molecule is O=C(C=Cc1ccccc1[N+](=O)[O-])N1CCOC(c2ccc(Cl)cc2)C1.